The van der Waals surface area contributed by atoms with Crippen molar-refractivity contribution in [1.29, 1.82) is 0 Å². The second-order valence-corrected chi connectivity index (χ2v) is 3.40. The summed E-state index contributed by atoms with van der Waals surface area (Å²) in [6.07, 6.45) is 2.74. The van der Waals surface area contributed by atoms with Gasteiger partial charge in [0.25, 0.3) is 5.52 Å². The Morgan fingerprint density at radius 2 is 1.84 bits per heavy atom. The first-order chi connectivity index (χ1) is 9.00. The largest absolute Gasteiger partial charge is 0.545 e. The number of benzene rings is 1. The third-order valence-electron chi connectivity index (χ3n) is 2.04. The van der Waals surface area contributed by atoms with Gasteiger partial charge in [-0.25, -0.2) is 9.78 Å². The molecule has 0 unspecified atom stereocenters. The second-order valence-electron chi connectivity index (χ2n) is 3.40. The zero-order valence-electron chi connectivity index (χ0n) is 9.74. The molecule has 0 atom stereocenters. The number of carbonyl (C=O) groups is 2. The number of fused-ring (bicyclic) bond motifs is 1. The summed E-state index contributed by atoms with van der Waals surface area (Å²) in [5.74, 6) is -2.51. The molecule has 2 aromatic rings. The van der Waals surface area contributed by atoms with Gasteiger partial charge < -0.3 is 20.1 Å². The van der Waals surface area contributed by atoms with Gasteiger partial charge >= 0.3 is 5.97 Å². The minimum Gasteiger partial charge on any atom is -0.545 e. The number of carboxylic acid groups (broad SMARTS) is 2. The van der Waals surface area contributed by atoms with E-state index in [9.17, 15) is 19.8 Å². The quantitative estimate of drug-likeness (QED) is 0.723. The van der Waals surface area contributed by atoms with E-state index in [1.165, 1.54) is 0 Å². The number of phenols is 1. The number of aromatic hydroxyl groups is 1. The van der Waals surface area contributed by atoms with Gasteiger partial charge in [0.15, 0.2) is 11.9 Å². The van der Waals surface area contributed by atoms with Crippen LogP contribution in [0.4, 0.5) is 0 Å². The zero-order chi connectivity index (χ0) is 14.3. The Bertz CT molecular complexity index is 600. The molecule has 6 nitrogen and oxygen atoms in total. The van der Waals surface area contributed by atoms with Crippen LogP contribution in [0.5, 0.6) is 5.75 Å². The van der Waals surface area contributed by atoms with E-state index in [4.69, 9.17) is 5.11 Å². The Kier molecular flexibility index (Phi) is 5.04. The lowest BCUT2D eigenvalue weighted by molar-refractivity contribution is -0.345. The summed E-state index contributed by atoms with van der Waals surface area (Å²) < 4.78 is 0. The molecule has 0 saturated heterocycles. The molecule has 0 saturated carbocycles. The maximum absolute atomic E-state index is 9.53. The Balaban J connectivity index is 0.000000203. The first-order valence-corrected chi connectivity index (χ1v) is 5.21. The number of carboxylic acids is 2. The molecule has 1 aromatic carbocycles. The molecule has 0 fully saturated rings. The molecule has 0 aliphatic heterocycles. The molecular weight excluding hydrogens is 250 g/mol. The number of carbonyl (C=O) groups excluding carboxylic acids is 1. The fourth-order valence-electron chi connectivity index (χ4n) is 1.28. The van der Waals surface area contributed by atoms with Crippen LogP contribution in [-0.4, -0.2) is 22.2 Å². The molecule has 0 spiro atoms. The summed E-state index contributed by atoms with van der Waals surface area (Å²) in [4.78, 5) is 21.9. The molecule has 1 heterocycles. The smallest absolute Gasteiger partial charge is 0.328 e. The van der Waals surface area contributed by atoms with E-state index in [2.05, 4.69) is 4.98 Å². The summed E-state index contributed by atoms with van der Waals surface area (Å²) in [7, 11) is 0. The molecular formula is C13H11NO5. The van der Waals surface area contributed by atoms with E-state index in [1.807, 2.05) is 24.3 Å². The van der Waals surface area contributed by atoms with Crippen LogP contribution < -0.4 is 10.1 Å². The Labute approximate surface area is 108 Å². The first kappa shape index (κ1) is 14.2. The van der Waals surface area contributed by atoms with Gasteiger partial charge in [0.1, 0.15) is 0 Å². The van der Waals surface area contributed by atoms with Gasteiger partial charge in [-0.3, -0.25) is 0 Å². The van der Waals surface area contributed by atoms with Crippen molar-refractivity contribution < 1.29 is 29.9 Å². The average molecular weight is 261 g/mol. The maximum atomic E-state index is 9.53. The van der Waals surface area contributed by atoms with E-state index >= 15 is 0 Å². The van der Waals surface area contributed by atoms with Crippen molar-refractivity contribution in [3.05, 3.63) is 48.7 Å². The number of H-pyrrole nitrogens is 1. The second kappa shape index (κ2) is 6.75. The summed E-state index contributed by atoms with van der Waals surface area (Å²) in [6, 6.07) is 9.29. The van der Waals surface area contributed by atoms with Crippen molar-refractivity contribution >= 4 is 22.8 Å². The fourth-order valence-corrected chi connectivity index (χ4v) is 1.28. The van der Waals surface area contributed by atoms with Crippen molar-refractivity contribution in [1.82, 2.24) is 0 Å². The molecule has 0 radical (unpaired) electrons. The van der Waals surface area contributed by atoms with Gasteiger partial charge in [-0.05, 0) is 24.3 Å². The van der Waals surface area contributed by atoms with Gasteiger partial charge in [0.2, 0.25) is 0 Å². The van der Waals surface area contributed by atoms with Crippen LogP contribution in [0.1, 0.15) is 0 Å². The SMILES string of the molecule is O=C([O-])/C=C\C(=O)O.Oc1cccc2ccc[nH+]c12. The molecule has 0 amide bonds. The summed E-state index contributed by atoms with van der Waals surface area (Å²) in [5.41, 5.74) is 0.787. The number of nitrogens with one attached hydrogen (secondary N) is 1. The molecule has 19 heavy (non-hydrogen) atoms. The van der Waals surface area contributed by atoms with E-state index in [1.54, 1.807) is 12.3 Å². The third kappa shape index (κ3) is 4.86. The normalized spacial score (nSPS) is 9.89. The summed E-state index contributed by atoms with van der Waals surface area (Å²) in [6.45, 7) is 0. The van der Waals surface area contributed by atoms with Crippen molar-refractivity contribution in [2.24, 2.45) is 0 Å². The highest BCUT2D eigenvalue weighted by Crippen LogP contribution is 2.18. The van der Waals surface area contributed by atoms with E-state index in [0.29, 0.717) is 17.9 Å². The highest BCUT2D eigenvalue weighted by Gasteiger charge is 2.02. The van der Waals surface area contributed by atoms with Gasteiger partial charge in [-0.15, -0.1) is 0 Å². The molecule has 98 valence electrons. The van der Waals surface area contributed by atoms with Crippen LogP contribution in [0.25, 0.3) is 10.9 Å². The van der Waals surface area contributed by atoms with E-state index in [-0.39, 0.29) is 0 Å². The predicted octanol–water partition coefficient (Wildman–Crippen LogP) is -0.263. The number of rotatable bonds is 2. The molecule has 1 aromatic heterocycles. The standard InChI is InChI=1S/C9H7NO.C4H4O4/c11-8-5-1-3-7-4-2-6-10-9(7)8;5-3(6)1-2-4(7)8/h1-6,11H;1-2H,(H,5,6)(H,7,8)/b;2-1-. The van der Waals surface area contributed by atoms with Crippen LogP contribution in [0.15, 0.2) is 48.7 Å². The number of hydrogen-bond donors (Lipinski definition) is 2. The third-order valence-corrected chi connectivity index (χ3v) is 2.04. The maximum Gasteiger partial charge on any atom is 0.328 e. The van der Waals surface area contributed by atoms with E-state index in [0.717, 1.165) is 10.9 Å². The van der Waals surface area contributed by atoms with Crippen LogP contribution in [0, 0.1) is 0 Å². The summed E-state index contributed by atoms with van der Waals surface area (Å²) in [5, 5.41) is 27.6. The topological polar surface area (TPSA) is 112 Å². The number of aliphatic carboxylic acids is 2. The fraction of sp³-hybridized carbons (Fsp3) is 0. The number of aromatic amines is 1. The lowest BCUT2D eigenvalue weighted by Crippen LogP contribution is -2.19. The molecule has 0 bridgehead atoms. The minimum atomic E-state index is -1.51. The predicted molar refractivity (Wildman–Crippen MR) is 64.0 cm³/mol. The van der Waals surface area contributed by atoms with Gasteiger partial charge in [-0.2, -0.15) is 0 Å². The Morgan fingerprint density at radius 3 is 2.37 bits per heavy atom. The molecule has 2 rings (SSSR count). The highest BCUT2D eigenvalue weighted by molar-refractivity contribution is 5.88. The van der Waals surface area contributed by atoms with Gasteiger partial charge in [0, 0.05) is 12.1 Å². The number of aromatic nitrogens is 1. The zero-order valence-corrected chi connectivity index (χ0v) is 9.74. The molecule has 0 aliphatic rings. The van der Waals surface area contributed by atoms with Crippen molar-refractivity contribution in [2.45, 2.75) is 0 Å². The average Bonchev–Trinajstić information content (AvgIpc) is 2.38. The van der Waals surface area contributed by atoms with E-state index < -0.39 is 11.9 Å². The van der Waals surface area contributed by atoms with Crippen LogP contribution >= 0.6 is 0 Å². The number of para-hydroxylation sites is 1. The molecule has 0 aliphatic carbocycles. The number of phenolic OH excluding ortho intramolecular Hbond substituents is 1. The van der Waals surface area contributed by atoms with Gasteiger partial charge in [-0.1, -0.05) is 6.07 Å². The molecule has 6 heteroatoms. The van der Waals surface area contributed by atoms with Crippen molar-refractivity contribution in [3.63, 3.8) is 0 Å². The van der Waals surface area contributed by atoms with Crippen LogP contribution in [0.3, 0.4) is 0 Å². The highest BCUT2D eigenvalue weighted by atomic mass is 16.4. The minimum absolute atomic E-state index is 0.295. The van der Waals surface area contributed by atoms with Crippen molar-refractivity contribution in [2.75, 3.05) is 0 Å². The first-order valence-electron chi connectivity index (χ1n) is 5.21. The van der Waals surface area contributed by atoms with Crippen molar-refractivity contribution in [3.8, 4) is 5.75 Å². The van der Waals surface area contributed by atoms with Gasteiger partial charge in [0.05, 0.1) is 11.4 Å². The van der Waals surface area contributed by atoms with Crippen LogP contribution in [0.2, 0.25) is 0 Å². The Hall–Kier alpha value is -2.89. The Morgan fingerprint density at radius 1 is 1.16 bits per heavy atom. The lowest BCUT2D eigenvalue weighted by atomic mass is 10.2. The number of hydrogen-bond acceptors (Lipinski definition) is 4. The molecule has 3 N–H and O–H groups in total. The van der Waals surface area contributed by atoms with Crippen LogP contribution in [-0.2, 0) is 9.59 Å². The summed E-state index contributed by atoms with van der Waals surface area (Å²) >= 11 is 0. The lowest BCUT2D eigenvalue weighted by Gasteiger charge is -1.91. The monoisotopic (exact) mass is 261 g/mol. The number of pyridine rings is 1.